The summed E-state index contributed by atoms with van der Waals surface area (Å²) in [5, 5.41) is 55.3. The van der Waals surface area contributed by atoms with E-state index < -0.39 is 77.6 Å². The second kappa shape index (κ2) is 16.3. The molecule has 0 aromatic rings. The number of nitrogens with two attached hydrogens (primary N) is 1. The molecule has 4 fully saturated rings. The molecule has 51 heavy (non-hydrogen) atoms. The Morgan fingerprint density at radius 3 is 2.25 bits per heavy atom. The van der Waals surface area contributed by atoms with Crippen molar-refractivity contribution in [2.45, 2.75) is 197 Å². The number of hydrogen-bond donors (Lipinski definition) is 6. The smallest absolute Gasteiger partial charge is 0.309 e. The number of carbonyl (C=O) groups is 1. The molecule has 18 unspecified atom stereocenters. The standard InChI is InChI=1S/C39H67NO11/c1-8-25(36(44)45)27-12-11-13-30(48-27)32(40)34(43)23(6)33(42)26(9-2)35-21(4)20-22(5)38(50-35)19-16-31(41)39(51-38)18-15-29(49-39)28-14-17-37(46,10-3)24(7)47-28/h16,19,21-35,41-43,46H,8-15,17-18,20,40H2,1-7H3,(H,44,45). The summed E-state index contributed by atoms with van der Waals surface area (Å²) in [6.45, 7) is 13.7. The number of carboxylic acids is 1. The van der Waals surface area contributed by atoms with Gasteiger partial charge in [0.25, 0.3) is 0 Å². The summed E-state index contributed by atoms with van der Waals surface area (Å²) in [7, 11) is 0. The third-order valence-corrected chi connectivity index (χ3v) is 13.5. The van der Waals surface area contributed by atoms with Crippen LogP contribution in [0.15, 0.2) is 12.2 Å². The molecule has 5 heterocycles. The molecule has 0 aromatic carbocycles. The fourth-order valence-electron chi connectivity index (χ4n) is 9.82. The van der Waals surface area contributed by atoms with Crippen molar-refractivity contribution in [3.63, 3.8) is 0 Å². The average molecular weight is 726 g/mol. The largest absolute Gasteiger partial charge is 0.481 e. The third-order valence-electron chi connectivity index (χ3n) is 13.5. The molecule has 0 saturated carbocycles. The molecule has 0 aliphatic carbocycles. The van der Waals surface area contributed by atoms with Crippen molar-refractivity contribution in [1.82, 2.24) is 0 Å². The fourth-order valence-corrected chi connectivity index (χ4v) is 9.82. The van der Waals surface area contributed by atoms with Gasteiger partial charge in [-0.1, -0.05) is 41.5 Å². The van der Waals surface area contributed by atoms with E-state index in [1.807, 2.05) is 27.7 Å². The van der Waals surface area contributed by atoms with Gasteiger partial charge < -0.3 is 55.0 Å². The lowest BCUT2D eigenvalue weighted by Crippen LogP contribution is -2.62. The Morgan fingerprint density at radius 1 is 0.941 bits per heavy atom. The second-order valence-electron chi connectivity index (χ2n) is 16.6. The van der Waals surface area contributed by atoms with Gasteiger partial charge in [0.05, 0.1) is 66.4 Å². The highest BCUT2D eigenvalue weighted by Crippen LogP contribution is 2.51. The molecule has 5 aliphatic rings. The molecular formula is C39H67NO11. The van der Waals surface area contributed by atoms with Crippen molar-refractivity contribution in [3.8, 4) is 0 Å². The summed E-state index contributed by atoms with van der Waals surface area (Å²) in [5.41, 5.74) is 5.75. The van der Waals surface area contributed by atoms with Crippen molar-refractivity contribution in [1.29, 1.82) is 0 Å². The number of aliphatic carboxylic acids is 1. The topological polar surface area (TPSA) is 190 Å². The van der Waals surface area contributed by atoms with Gasteiger partial charge in [0.2, 0.25) is 5.79 Å². The maximum atomic E-state index is 11.9. The molecule has 0 bridgehead atoms. The van der Waals surface area contributed by atoms with E-state index in [1.165, 1.54) is 0 Å². The van der Waals surface area contributed by atoms with Gasteiger partial charge in [-0.2, -0.15) is 0 Å². The van der Waals surface area contributed by atoms with Gasteiger partial charge >= 0.3 is 5.97 Å². The number of rotatable bonds is 12. The Balaban J connectivity index is 1.28. The molecule has 0 amide bonds. The van der Waals surface area contributed by atoms with Crippen LogP contribution in [0.2, 0.25) is 0 Å². The Kier molecular flexibility index (Phi) is 13.1. The average Bonchev–Trinajstić information content (AvgIpc) is 3.53. The predicted molar refractivity (Wildman–Crippen MR) is 189 cm³/mol. The SMILES string of the molecule is CCC(C(=O)O)C1CCCC(C(N)C(O)C(C)C(O)C(CC)C2OC3(C=CC(O)C4(CCC(C5CCC(O)(CC)C(C)O5)O4)O3)C(C)CC2C)O1. The molecule has 2 spiro atoms. The molecule has 12 nitrogen and oxygen atoms in total. The van der Waals surface area contributed by atoms with E-state index in [0.717, 1.165) is 12.8 Å². The monoisotopic (exact) mass is 725 g/mol. The van der Waals surface area contributed by atoms with E-state index in [9.17, 15) is 30.3 Å². The van der Waals surface area contributed by atoms with Crippen LogP contribution in [0, 0.1) is 29.6 Å². The first-order valence-electron chi connectivity index (χ1n) is 19.9. The van der Waals surface area contributed by atoms with E-state index in [2.05, 4.69) is 13.8 Å². The van der Waals surface area contributed by atoms with Gasteiger partial charge in [-0.05, 0) is 89.2 Å². The minimum Gasteiger partial charge on any atom is -0.481 e. The first-order chi connectivity index (χ1) is 24.0. The normalized spacial score (nSPS) is 45.3. The van der Waals surface area contributed by atoms with E-state index >= 15 is 0 Å². The van der Waals surface area contributed by atoms with Crippen LogP contribution < -0.4 is 5.73 Å². The maximum absolute atomic E-state index is 11.9. The number of carboxylic acid groups (broad SMARTS) is 1. The zero-order chi connectivity index (χ0) is 37.5. The van der Waals surface area contributed by atoms with Gasteiger partial charge in [0.1, 0.15) is 6.10 Å². The van der Waals surface area contributed by atoms with Crippen LogP contribution in [0.25, 0.3) is 0 Å². The quantitative estimate of drug-likeness (QED) is 0.159. The lowest BCUT2D eigenvalue weighted by atomic mass is 9.73. The van der Waals surface area contributed by atoms with E-state index in [0.29, 0.717) is 57.8 Å². The van der Waals surface area contributed by atoms with E-state index in [-0.39, 0.29) is 36.1 Å². The Hall–Kier alpha value is -1.19. The van der Waals surface area contributed by atoms with Gasteiger partial charge in [-0.15, -0.1) is 0 Å². The number of ether oxygens (including phenoxy) is 5. The molecule has 0 radical (unpaired) electrons. The predicted octanol–water partition coefficient (Wildman–Crippen LogP) is 4.03. The summed E-state index contributed by atoms with van der Waals surface area (Å²) in [6.07, 6.45) is 4.86. The zero-order valence-electron chi connectivity index (χ0n) is 31.9. The lowest BCUT2D eigenvalue weighted by molar-refractivity contribution is -0.403. The Bertz CT molecular complexity index is 1210. The van der Waals surface area contributed by atoms with E-state index in [1.54, 1.807) is 19.1 Å². The van der Waals surface area contributed by atoms with Crippen LogP contribution in [0.1, 0.15) is 119 Å². The summed E-state index contributed by atoms with van der Waals surface area (Å²) < 4.78 is 32.9. The first kappa shape index (κ1) is 41.0. The Labute approximate surface area is 304 Å². The summed E-state index contributed by atoms with van der Waals surface area (Å²) in [4.78, 5) is 11.8. The van der Waals surface area contributed by atoms with Gasteiger partial charge in [0, 0.05) is 24.2 Å². The van der Waals surface area contributed by atoms with Crippen molar-refractivity contribution >= 4 is 5.97 Å². The molecule has 4 saturated heterocycles. The molecule has 7 N–H and O–H groups in total. The summed E-state index contributed by atoms with van der Waals surface area (Å²) >= 11 is 0. The molecule has 294 valence electrons. The number of hydrogen-bond acceptors (Lipinski definition) is 11. The van der Waals surface area contributed by atoms with Gasteiger partial charge in [0.15, 0.2) is 5.79 Å². The first-order valence-corrected chi connectivity index (χ1v) is 19.9. The molecule has 5 rings (SSSR count). The van der Waals surface area contributed by atoms with Crippen molar-refractivity contribution in [2.75, 3.05) is 0 Å². The lowest BCUT2D eigenvalue weighted by Gasteiger charge is -2.54. The van der Waals surface area contributed by atoms with Crippen molar-refractivity contribution < 1.29 is 54.0 Å². The van der Waals surface area contributed by atoms with Crippen LogP contribution >= 0.6 is 0 Å². The minimum atomic E-state index is -1.32. The summed E-state index contributed by atoms with van der Waals surface area (Å²) in [5.74, 6) is -5.08. The fraction of sp³-hybridized carbons (Fsp3) is 0.923. The van der Waals surface area contributed by atoms with Crippen molar-refractivity contribution in [3.05, 3.63) is 12.2 Å². The van der Waals surface area contributed by atoms with Crippen LogP contribution in [-0.2, 0) is 28.5 Å². The van der Waals surface area contributed by atoms with Crippen molar-refractivity contribution in [2.24, 2.45) is 35.3 Å². The van der Waals surface area contributed by atoms with E-state index in [4.69, 9.17) is 29.4 Å². The molecule has 18 atom stereocenters. The molecule has 12 heteroatoms. The molecule has 5 aliphatic heterocycles. The highest BCUT2D eigenvalue weighted by molar-refractivity contribution is 5.70. The maximum Gasteiger partial charge on any atom is 0.309 e. The minimum absolute atomic E-state index is 0.0548. The highest BCUT2D eigenvalue weighted by atomic mass is 16.8. The van der Waals surface area contributed by atoms with Crippen LogP contribution in [0.5, 0.6) is 0 Å². The van der Waals surface area contributed by atoms with Crippen LogP contribution in [-0.4, -0.2) is 110 Å². The van der Waals surface area contributed by atoms with Gasteiger partial charge in [-0.25, -0.2) is 0 Å². The van der Waals surface area contributed by atoms with Crippen LogP contribution in [0.4, 0.5) is 0 Å². The number of aliphatic hydroxyl groups is 4. The molecular weight excluding hydrogens is 658 g/mol. The Morgan fingerprint density at radius 2 is 1.63 bits per heavy atom. The van der Waals surface area contributed by atoms with Crippen LogP contribution in [0.3, 0.4) is 0 Å². The molecule has 0 aromatic heterocycles. The number of aliphatic hydroxyl groups excluding tert-OH is 3. The second-order valence-corrected chi connectivity index (χ2v) is 16.6. The summed E-state index contributed by atoms with van der Waals surface area (Å²) in [6, 6.07) is -0.803. The zero-order valence-corrected chi connectivity index (χ0v) is 31.9. The van der Waals surface area contributed by atoms with Gasteiger partial charge in [-0.3, -0.25) is 4.79 Å². The third kappa shape index (κ3) is 7.97. The highest BCUT2D eigenvalue weighted by Gasteiger charge is 2.60.